The van der Waals surface area contributed by atoms with Crippen molar-refractivity contribution in [1.29, 1.82) is 0 Å². The van der Waals surface area contributed by atoms with Gasteiger partial charge in [-0.25, -0.2) is 4.79 Å². The Morgan fingerprint density at radius 1 is 1.34 bits per heavy atom. The molecule has 1 N–H and O–H groups in total. The topological polar surface area (TPSA) is 70.8 Å². The molecule has 1 amide bonds. The number of hydrogen-bond acceptors (Lipinski definition) is 5. The van der Waals surface area contributed by atoms with Crippen LogP contribution in [-0.2, 0) is 15.8 Å². The zero-order chi connectivity index (χ0) is 21.3. The molecule has 1 aromatic heterocycles. The fourth-order valence-electron chi connectivity index (χ4n) is 2.78. The highest BCUT2D eigenvalue weighted by atomic mass is 32.2. The summed E-state index contributed by atoms with van der Waals surface area (Å²) in [7, 11) is 0. The number of hydrogen-bond donors (Lipinski definition) is 1. The number of nitrogens with zero attached hydrogens (tertiary/aromatic N) is 1. The van der Waals surface area contributed by atoms with Crippen LogP contribution < -0.4 is 0 Å². The van der Waals surface area contributed by atoms with E-state index in [1.165, 1.54) is 30.3 Å². The Hall–Kier alpha value is -2.59. The number of aliphatic carboxylic acids is 1. The molecule has 0 spiro atoms. The lowest BCUT2D eigenvalue weighted by molar-refractivity contribution is -0.145. The second-order valence-corrected chi connectivity index (χ2v) is 7.77. The number of amides is 1. The summed E-state index contributed by atoms with van der Waals surface area (Å²) in [4.78, 5) is 25.2. The third-order valence-corrected chi connectivity index (χ3v) is 5.51. The number of carboxylic acids is 1. The van der Waals surface area contributed by atoms with Gasteiger partial charge in [-0.15, -0.1) is 0 Å². The molecule has 1 atom stereocenters. The van der Waals surface area contributed by atoms with Crippen LogP contribution in [-0.4, -0.2) is 32.2 Å². The largest absolute Gasteiger partial charge is 0.480 e. The lowest BCUT2D eigenvalue weighted by Gasteiger charge is -2.21. The van der Waals surface area contributed by atoms with Crippen molar-refractivity contribution in [2.24, 2.45) is 0 Å². The maximum Gasteiger partial charge on any atom is 0.416 e. The van der Waals surface area contributed by atoms with E-state index >= 15 is 0 Å². The first-order valence-electron chi connectivity index (χ1n) is 8.39. The molecule has 152 valence electrons. The zero-order valence-electron chi connectivity index (χ0n) is 14.9. The summed E-state index contributed by atoms with van der Waals surface area (Å²) in [5.74, 6) is -1.27. The predicted molar refractivity (Wildman–Crippen MR) is 106 cm³/mol. The molecule has 2 heterocycles. The molecule has 1 aromatic carbocycles. The number of furan rings is 1. The minimum Gasteiger partial charge on any atom is -0.480 e. The van der Waals surface area contributed by atoms with Gasteiger partial charge in [-0.2, -0.15) is 13.2 Å². The first-order valence-corrected chi connectivity index (χ1v) is 9.61. The van der Waals surface area contributed by atoms with Crippen molar-refractivity contribution < 1.29 is 32.3 Å². The molecule has 1 saturated heterocycles. The summed E-state index contributed by atoms with van der Waals surface area (Å²) in [6.45, 7) is 1.63. The normalized spacial score (nSPS) is 17.2. The van der Waals surface area contributed by atoms with Crippen LogP contribution in [0, 0.1) is 0 Å². The highest BCUT2D eigenvalue weighted by Gasteiger charge is 2.39. The number of carboxylic acid groups (broad SMARTS) is 1. The molecule has 1 fully saturated rings. The number of alkyl halides is 3. The minimum atomic E-state index is -4.47. The van der Waals surface area contributed by atoms with Gasteiger partial charge in [-0.05, 0) is 30.7 Å². The average molecular weight is 441 g/mol. The Balaban J connectivity index is 1.87. The molecule has 1 aliphatic rings. The molecule has 3 rings (SSSR count). The summed E-state index contributed by atoms with van der Waals surface area (Å²) in [6.07, 6.45) is -2.89. The van der Waals surface area contributed by atoms with Crippen LogP contribution >= 0.6 is 24.0 Å². The van der Waals surface area contributed by atoms with Gasteiger partial charge < -0.3 is 9.52 Å². The molecule has 1 aliphatic heterocycles. The molecule has 10 heteroatoms. The fraction of sp³-hybridized carbons (Fsp3) is 0.211. The molecular formula is C19H14F3NO4S2. The van der Waals surface area contributed by atoms with Crippen LogP contribution in [0.1, 0.15) is 24.7 Å². The van der Waals surface area contributed by atoms with Crippen molar-refractivity contribution >= 4 is 46.3 Å². The number of carbonyl (C=O) groups is 2. The standard InChI is InChI=1S/C19H14F3NO4S2/c1-2-13(17(25)26)23-16(24)15(29-18(23)28)9-12-6-7-14(27-12)10-4-3-5-11(8-10)19(20,21)22/h3-9,13H,2H2,1H3,(H,25,26). The zero-order valence-corrected chi connectivity index (χ0v) is 16.5. The summed E-state index contributed by atoms with van der Waals surface area (Å²) >= 11 is 6.08. The van der Waals surface area contributed by atoms with Crippen LogP contribution in [0.4, 0.5) is 13.2 Å². The van der Waals surface area contributed by atoms with Crippen molar-refractivity contribution in [2.75, 3.05) is 0 Å². The Kier molecular flexibility index (Phi) is 5.85. The maximum absolute atomic E-state index is 12.9. The van der Waals surface area contributed by atoms with Crippen LogP contribution in [0.3, 0.4) is 0 Å². The molecule has 0 saturated carbocycles. The molecule has 5 nitrogen and oxygen atoms in total. The Bertz CT molecular complexity index is 1010. The van der Waals surface area contributed by atoms with E-state index in [9.17, 15) is 27.9 Å². The summed E-state index contributed by atoms with van der Waals surface area (Å²) in [6, 6.07) is 6.64. The molecule has 0 aliphatic carbocycles. The first kappa shape index (κ1) is 21.1. The molecule has 29 heavy (non-hydrogen) atoms. The van der Waals surface area contributed by atoms with Crippen molar-refractivity contribution in [3.63, 3.8) is 0 Å². The Morgan fingerprint density at radius 3 is 2.69 bits per heavy atom. The van der Waals surface area contributed by atoms with Crippen molar-refractivity contribution in [3.05, 3.63) is 52.6 Å². The fourth-order valence-corrected chi connectivity index (χ4v) is 4.12. The van der Waals surface area contributed by atoms with E-state index in [0.29, 0.717) is 0 Å². The molecule has 0 bridgehead atoms. The van der Waals surface area contributed by atoms with Gasteiger partial charge in [0.25, 0.3) is 5.91 Å². The molecule has 1 unspecified atom stereocenters. The van der Waals surface area contributed by atoms with E-state index in [1.807, 2.05) is 0 Å². The smallest absolute Gasteiger partial charge is 0.416 e. The van der Waals surface area contributed by atoms with Crippen molar-refractivity contribution in [1.82, 2.24) is 4.90 Å². The van der Waals surface area contributed by atoms with Gasteiger partial charge in [-0.3, -0.25) is 9.69 Å². The quantitative estimate of drug-likeness (QED) is 0.518. The van der Waals surface area contributed by atoms with E-state index in [4.69, 9.17) is 16.6 Å². The first-order chi connectivity index (χ1) is 13.6. The van der Waals surface area contributed by atoms with Gasteiger partial charge in [0.1, 0.15) is 21.9 Å². The predicted octanol–water partition coefficient (Wildman–Crippen LogP) is 5.03. The highest BCUT2D eigenvalue weighted by Crippen LogP contribution is 2.36. The van der Waals surface area contributed by atoms with E-state index in [-0.39, 0.29) is 32.7 Å². The number of halogens is 3. The Labute approximate surface area is 173 Å². The van der Waals surface area contributed by atoms with Gasteiger partial charge in [0, 0.05) is 11.6 Å². The van der Waals surface area contributed by atoms with E-state index in [0.717, 1.165) is 28.8 Å². The summed E-state index contributed by atoms with van der Waals surface area (Å²) in [5.41, 5.74) is -0.558. The van der Waals surface area contributed by atoms with E-state index in [2.05, 4.69) is 0 Å². The third-order valence-electron chi connectivity index (χ3n) is 4.18. The third kappa shape index (κ3) is 4.38. The van der Waals surface area contributed by atoms with Gasteiger partial charge in [0.2, 0.25) is 0 Å². The molecule has 2 aromatic rings. The number of benzene rings is 1. The molecule has 0 radical (unpaired) electrons. The number of thiocarbonyl (C=S) groups is 1. The number of carbonyl (C=O) groups excluding carboxylic acids is 1. The van der Waals surface area contributed by atoms with Crippen LogP contribution in [0.2, 0.25) is 0 Å². The number of thioether (sulfide) groups is 1. The lowest BCUT2D eigenvalue weighted by Crippen LogP contribution is -2.43. The van der Waals surface area contributed by atoms with Crippen LogP contribution in [0.25, 0.3) is 17.4 Å². The van der Waals surface area contributed by atoms with Crippen LogP contribution in [0.5, 0.6) is 0 Å². The second kappa shape index (κ2) is 8.03. The molecular weight excluding hydrogens is 427 g/mol. The van der Waals surface area contributed by atoms with E-state index in [1.54, 1.807) is 6.92 Å². The van der Waals surface area contributed by atoms with E-state index < -0.39 is 29.7 Å². The monoisotopic (exact) mass is 441 g/mol. The highest BCUT2D eigenvalue weighted by molar-refractivity contribution is 8.26. The average Bonchev–Trinajstić information content (AvgIpc) is 3.22. The SMILES string of the molecule is CCC(C(=O)O)N1C(=O)C(=Cc2ccc(-c3cccc(C(F)(F)F)c3)o2)SC1=S. The van der Waals surface area contributed by atoms with Crippen molar-refractivity contribution in [3.8, 4) is 11.3 Å². The number of rotatable bonds is 5. The summed E-state index contributed by atoms with van der Waals surface area (Å²) in [5, 5.41) is 9.27. The summed E-state index contributed by atoms with van der Waals surface area (Å²) < 4.78 is 44.4. The van der Waals surface area contributed by atoms with Gasteiger partial charge in [-0.1, -0.05) is 43.0 Å². The van der Waals surface area contributed by atoms with Crippen LogP contribution in [0.15, 0.2) is 45.7 Å². The van der Waals surface area contributed by atoms with Gasteiger partial charge >= 0.3 is 12.1 Å². The van der Waals surface area contributed by atoms with Gasteiger partial charge in [0.05, 0.1) is 10.5 Å². The maximum atomic E-state index is 12.9. The minimum absolute atomic E-state index is 0.125. The lowest BCUT2D eigenvalue weighted by atomic mass is 10.1. The Morgan fingerprint density at radius 2 is 2.07 bits per heavy atom. The van der Waals surface area contributed by atoms with Gasteiger partial charge in [0.15, 0.2) is 0 Å². The van der Waals surface area contributed by atoms with Crippen molar-refractivity contribution in [2.45, 2.75) is 25.6 Å². The second-order valence-electron chi connectivity index (χ2n) is 6.09.